The third kappa shape index (κ3) is 6.40. The van der Waals surface area contributed by atoms with Crippen LogP contribution < -0.4 is 0 Å². The number of hydrogen-bond acceptors (Lipinski definition) is 0. The maximum Gasteiger partial charge on any atom is -0.0357 e. The lowest BCUT2D eigenvalue weighted by Crippen LogP contribution is -2.16. The van der Waals surface area contributed by atoms with Crippen molar-refractivity contribution in [3.8, 4) is 0 Å². The zero-order chi connectivity index (χ0) is 8.20. The monoisotopic (exact) mass is 158 g/mol. The van der Waals surface area contributed by atoms with Crippen LogP contribution in [0.25, 0.3) is 0 Å². The van der Waals surface area contributed by atoms with Crippen LogP contribution >= 0.6 is 0 Å². The Labute approximate surface area is 73.4 Å². The van der Waals surface area contributed by atoms with Crippen molar-refractivity contribution in [3.63, 3.8) is 0 Å². The van der Waals surface area contributed by atoms with Gasteiger partial charge in [-0.1, -0.05) is 61.3 Å². The van der Waals surface area contributed by atoms with Gasteiger partial charge >= 0.3 is 0 Å². The highest BCUT2D eigenvalue weighted by Gasteiger charge is 2.18. The van der Waals surface area contributed by atoms with Crippen LogP contribution in [-0.2, 0) is 0 Å². The van der Waals surface area contributed by atoms with Gasteiger partial charge in [-0.2, -0.15) is 0 Å². The maximum atomic E-state index is 2.36. The highest BCUT2D eigenvalue weighted by molar-refractivity contribution is 4.69. The molecule has 0 saturated heterocycles. The summed E-state index contributed by atoms with van der Waals surface area (Å²) in [5.41, 5.74) is 0.509. The predicted molar refractivity (Wildman–Crippen MR) is 54.9 cm³/mol. The van der Waals surface area contributed by atoms with Crippen LogP contribution in [0, 0.1) is 11.3 Å². The Morgan fingerprint density at radius 2 is 1.64 bits per heavy atom. The van der Waals surface area contributed by atoms with Gasteiger partial charge in [-0.25, -0.2) is 0 Å². The normalized spacial score (nSPS) is 13.9. The topological polar surface area (TPSA) is 0 Å². The molecule has 0 aromatic rings. The van der Waals surface area contributed by atoms with Gasteiger partial charge in [0, 0.05) is 0 Å². The predicted octanol–water partition coefficient (Wildman–Crippen LogP) is 4.49. The zero-order valence-electron chi connectivity index (χ0n) is 8.20. The second-order valence-corrected chi connectivity index (χ2v) is 4.41. The molecule has 0 fully saturated rings. The summed E-state index contributed by atoms with van der Waals surface area (Å²) in [5, 5.41) is 0. The van der Waals surface area contributed by atoms with E-state index in [1.54, 1.807) is 0 Å². The van der Waals surface area contributed by atoms with Crippen LogP contribution in [0.2, 0.25) is 0 Å². The van der Waals surface area contributed by atoms with E-state index in [0.717, 1.165) is 5.92 Å². The Kier molecular flexibility index (Phi) is 6.94. The molecule has 0 aromatic carbocycles. The molecule has 1 atom stereocenters. The van der Waals surface area contributed by atoms with Crippen molar-refractivity contribution in [2.24, 2.45) is 11.3 Å². The SMILES string of the molecule is C.CCCCC(C)C(C)(C)C. The Morgan fingerprint density at radius 1 is 1.18 bits per heavy atom. The molecule has 0 heteroatoms. The maximum absolute atomic E-state index is 2.36. The Hall–Kier alpha value is 0. The minimum atomic E-state index is 0. The largest absolute Gasteiger partial charge is 0.0776 e. The summed E-state index contributed by atoms with van der Waals surface area (Å²) >= 11 is 0. The summed E-state index contributed by atoms with van der Waals surface area (Å²) in [7, 11) is 0. The molecule has 11 heavy (non-hydrogen) atoms. The molecule has 0 N–H and O–H groups in total. The lowest BCUT2D eigenvalue weighted by Gasteiger charge is -2.26. The molecular formula is C11H26. The average Bonchev–Trinajstić information content (AvgIpc) is 1.80. The second-order valence-electron chi connectivity index (χ2n) is 4.41. The molecule has 70 valence electrons. The van der Waals surface area contributed by atoms with Crippen molar-refractivity contribution in [1.29, 1.82) is 0 Å². The molecule has 0 aliphatic carbocycles. The van der Waals surface area contributed by atoms with Crippen LogP contribution in [0.3, 0.4) is 0 Å². The van der Waals surface area contributed by atoms with E-state index in [2.05, 4.69) is 34.6 Å². The van der Waals surface area contributed by atoms with Gasteiger partial charge in [0.2, 0.25) is 0 Å². The van der Waals surface area contributed by atoms with E-state index in [1.165, 1.54) is 19.3 Å². The highest BCUT2D eigenvalue weighted by atomic mass is 14.2. The third-order valence-electron chi connectivity index (χ3n) is 2.47. The van der Waals surface area contributed by atoms with Crippen molar-refractivity contribution >= 4 is 0 Å². The Morgan fingerprint density at radius 3 is 1.91 bits per heavy atom. The minimum absolute atomic E-state index is 0. The summed E-state index contributed by atoms with van der Waals surface area (Å²) in [5.74, 6) is 0.868. The molecule has 0 aliphatic heterocycles. The van der Waals surface area contributed by atoms with Gasteiger partial charge in [0.15, 0.2) is 0 Å². The van der Waals surface area contributed by atoms with Gasteiger partial charge in [0.05, 0.1) is 0 Å². The van der Waals surface area contributed by atoms with Crippen LogP contribution in [0.15, 0.2) is 0 Å². The molecule has 0 nitrogen and oxygen atoms in total. The fraction of sp³-hybridized carbons (Fsp3) is 1.00. The van der Waals surface area contributed by atoms with E-state index in [1.807, 2.05) is 0 Å². The second kappa shape index (κ2) is 5.62. The third-order valence-corrected chi connectivity index (χ3v) is 2.47. The molecule has 0 radical (unpaired) electrons. The highest BCUT2D eigenvalue weighted by Crippen LogP contribution is 2.29. The number of unbranched alkanes of at least 4 members (excludes halogenated alkanes) is 1. The van der Waals surface area contributed by atoms with E-state index < -0.39 is 0 Å². The standard InChI is InChI=1S/C10H22.CH4/c1-6-7-8-9(2)10(3,4)5;/h9H,6-8H2,1-5H3;1H4. The smallest absolute Gasteiger partial charge is 0.0357 e. The van der Waals surface area contributed by atoms with Crippen molar-refractivity contribution in [3.05, 3.63) is 0 Å². The van der Waals surface area contributed by atoms with Crippen LogP contribution in [-0.4, -0.2) is 0 Å². The fourth-order valence-electron chi connectivity index (χ4n) is 0.943. The molecule has 0 aliphatic rings. The average molecular weight is 158 g/mol. The van der Waals surface area contributed by atoms with Crippen LogP contribution in [0.5, 0.6) is 0 Å². The molecule has 0 spiro atoms. The molecular weight excluding hydrogens is 132 g/mol. The molecule has 0 bridgehead atoms. The minimum Gasteiger partial charge on any atom is -0.0776 e. The van der Waals surface area contributed by atoms with E-state index in [4.69, 9.17) is 0 Å². The van der Waals surface area contributed by atoms with Crippen molar-refractivity contribution in [2.45, 2.75) is 61.3 Å². The van der Waals surface area contributed by atoms with Gasteiger partial charge in [-0.3, -0.25) is 0 Å². The molecule has 1 unspecified atom stereocenters. The first-order valence-corrected chi connectivity index (χ1v) is 4.48. The van der Waals surface area contributed by atoms with Gasteiger partial charge in [0.25, 0.3) is 0 Å². The van der Waals surface area contributed by atoms with E-state index >= 15 is 0 Å². The number of hydrogen-bond donors (Lipinski definition) is 0. The fourth-order valence-corrected chi connectivity index (χ4v) is 0.943. The van der Waals surface area contributed by atoms with Gasteiger partial charge in [-0.15, -0.1) is 0 Å². The van der Waals surface area contributed by atoms with E-state index in [9.17, 15) is 0 Å². The van der Waals surface area contributed by atoms with Crippen molar-refractivity contribution in [1.82, 2.24) is 0 Å². The zero-order valence-corrected chi connectivity index (χ0v) is 8.20. The van der Waals surface area contributed by atoms with Gasteiger partial charge in [0.1, 0.15) is 0 Å². The summed E-state index contributed by atoms with van der Waals surface area (Å²) in [6.07, 6.45) is 4.11. The van der Waals surface area contributed by atoms with Crippen molar-refractivity contribution < 1.29 is 0 Å². The molecule has 0 amide bonds. The van der Waals surface area contributed by atoms with Crippen LogP contribution in [0.4, 0.5) is 0 Å². The Balaban J connectivity index is 0. The molecule has 0 saturated carbocycles. The number of rotatable bonds is 3. The quantitative estimate of drug-likeness (QED) is 0.567. The lowest BCUT2D eigenvalue weighted by atomic mass is 9.79. The summed E-state index contributed by atoms with van der Waals surface area (Å²) in [6, 6.07) is 0. The van der Waals surface area contributed by atoms with Crippen LogP contribution in [0.1, 0.15) is 61.3 Å². The van der Waals surface area contributed by atoms with Crippen molar-refractivity contribution in [2.75, 3.05) is 0 Å². The first-order chi connectivity index (χ1) is 4.48. The Bertz CT molecular complexity index is 76.5. The summed E-state index contributed by atoms with van der Waals surface area (Å²) < 4.78 is 0. The lowest BCUT2D eigenvalue weighted by molar-refractivity contribution is 0.242. The molecule has 0 aromatic heterocycles. The van der Waals surface area contributed by atoms with E-state index in [0.29, 0.717) is 5.41 Å². The summed E-state index contributed by atoms with van der Waals surface area (Å²) in [6.45, 7) is 11.6. The van der Waals surface area contributed by atoms with E-state index in [-0.39, 0.29) is 7.43 Å². The van der Waals surface area contributed by atoms with Gasteiger partial charge < -0.3 is 0 Å². The first kappa shape index (κ1) is 13.6. The first-order valence-electron chi connectivity index (χ1n) is 4.48. The summed E-state index contributed by atoms with van der Waals surface area (Å²) in [4.78, 5) is 0. The molecule has 0 rings (SSSR count). The van der Waals surface area contributed by atoms with Gasteiger partial charge in [-0.05, 0) is 11.3 Å². The molecule has 0 heterocycles.